The molecule has 0 atom stereocenters. The summed E-state index contributed by atoms with van der Waals surface area (Å²) in [5.74, 6) is -0.599. The predicted octanol–water partition coefficient (Wildman–Crippen LogP) is 4.05. The highest BCUT2D eigenvalue weighted by Crippen LogP contribution is 2.31. The van der Waals surface area contributed by atoms with Crippen LogP contribution in [0.25, 0.3) is 10.9 Å². The summed E-state index contributed by atoms with van der Waals surface area (Å²) in [5.41, 5.74) is 2.06. The SMILES string of the molecule is COc1ccc2[nH]c(C)c(CC(=O)OCC[Si](C)(C)C)c2c1F. The van der Waals surface area contributed by atoms with Gasteiger partial charge in [-0.3, -0.25) is 4.79 Å². The number of nitrogens with one attached hydrogen (secondary N) is 1. The number of aryl methyl sites for hydroxylation is 1. The highest BCUT2D eigenvalue weighted by atomic mass is 28.3. The van der Waals surface area contributed by atoms with Crippen LogP contribution in [0.15, 0.2) is 12.1 Å². The minimum atomic E-state index is -1.24. The van der Waals surface area contributed by atoms with Gasteiger partial charge in [-0.2, -0.15) is 0 Å². The van der Waals surface area contributed by atoms with Crippen LogP contribution in [0.1, 0.15) is 11.3 Å². The first-order valence-electron chi connectivity index (χ1n) is 7.72. The lowest BCUT2D eigenvalue weighted by Gasteiger charge is -2.15. The summed E-state index contributed by atoms with van der Waals surface area (Å²) in [4.78, 5) is 15.2. The molecular weight excluding hydrogens is 313 g/mol. The van der Waals surface area contributed by atoms with E-state index in [9.17, 15) is 9.18 Å². The molecule has 23 heavy (non-hydrogen) atoms. The number of benzene rings is 1. The van der Waals surface area contributed by atoms with Gasteiger partial charge in [-0.25, -0.2) is 4.39 Å². The van der Waals surface area contributed by atoms with E-state index in [1.165, 1.54) is 7.11 Å². The molecule has 2 rings (SSSR count). The van der Waals surface area contributed by atoms with Gasteiger partial charge in [-0.15, -0.1) is 0 Å². The number of fused-ring (bicyclic) bond motifs is 1. The summed E-state index contributed by atoms with van der Waals surface area (Å²) in [6, 6.07) is 4.25. The molecule has 0 amide bonds. The first-order valence-corrected chi connectivity index (χ1v) is 11.4. The summed E-state index contributed by atoms with van der Waals surface area (Å²) in [6.45, 7) is 8.95. The van der Waals surface area contributed by atoms with Crippen molar-refractivity contribution in [1.82, 2.24) is 4.98 Å². The Balaban J connectivity index is 2.19. The van der Waals surface area contributed by atoms with Crippen LogP contribution in [-0.4, -0.2) is 32.7 Å². The number of rotatable bonds is 6. The predicted molar refractivity (Wildman–Crippen MR) is 92.4 cm³/mol. The molecule has 1 aromatic carbocycles. The largest absolute Gasteiger partial charge is 0.494 e. The second-order valence-corrected chi connectivity index (χ2v) is 12.6. The van der Waals surface area contributed by atoms with Gasteiger partial charge in [0.1, 0.15) is 0 Å². The van der Waals surface area contributed by atoms with E-state index in [4.69, 9.17) is 9.47 Å². The topological polar surface area (TPSA) is 51.3 Å². The number of methoxy groups -OCH3 is 1. The third kappa shape index (κ3) is 4.13. The van der Waals surface area contributed by atoms with Crippen LogP contribution >= 0.6 is 0 Å². The summed E-state index contributed by atoms with van der Waals surface area (Å²) >= 11 is 0. The van der Waals surface area contributed by atoms with Crippen LogP contribution in [0.5, 0.6) is 5.75 Å². The molecule has 1 aromatic heterocycles. The highest BCUT2D eigenvalue weighted by Gasteiger charge is 2.20. The maximum absolute atomic E-state index is 14.5. The number of esters is 1. The number of halogens is 1. The Morgan fingerprint density at radius 1 is 1.30 bits per heavy atom. The second kappa shape index (κ2) is 6.74. The van der Waals surface area contributed by atoms with Gasteiger partial charge in [0.25, 0.3) is 0 Å². The molecule has 0 fully saturated rings. The van der Waals surface area contributed by atoms with Crippen LogP contribution in [-0.2, 0) is 16.0 Å². The van der Waals surface area contributed by atoms with Crippen molar-refractivity contribution < 1.29 is 18.7 Å². The summed E-state index contributed by atoms with van der Waals surface area (Å²) < 4.78 is 24.9. The first-order chi connectivity index (χ1) is 10.7. The third-order valence-electron chi connectivity index (χ3n) is 3.84. The van der Waals surface area contributed by atoms with Crippen molar-refractivity contribution in [3.8, 4) is 5.75 Å². The Kier molecular flexibility index (Phi) is 5.14. The van der Waals surface area contributed by atoms with Gasteiger partial charge in [0.15, 0.2) is 11.6 Å². The van der Waals surface area contributed by atoms with Gasteiger partial charge in [-0.05, 0) is 30.7 Å². The van der Waals surface area contributed by atoms with Gasteiger partial charge >= 0.3 is 5.97 Å². The van der Waals surface area contributed by atoms with E-state index in [1.54, 1.807) is 12.1 Å². The number of aromatic nitrogens is 1. The van der Waals surface area contributed by atoms with Crippen LogP contribution in [0.2, 0.25) is 25.7 Å². The van der Waals surface area contributed by atoms with Gasteiger partial charge in [-0.1, -0.05) is 19.6 Å². The number of H-pyrrole nitrogens is 1. The fourth-order valence-corrected chi connectivity index (χ4v) is 3.18. The van der Waals surface area contributed by atoms with Crippen molar-refractivity contribution in [3.63, 3.8) is 0 Å². The second-order valence-electron chi connectivity index (χ2n) is 6.94. The number of ether oxygens (including phenoxy) is 2. The molecule has 2 aromatic rings. The van der Waals surface area contributed by atoms with E-state index >= 15 is 0 Å². The van der Waals surface area contributed by atoms with Crippen molar-refractivity contribution >= 4 is 24.9 Å². The minimum Gasteiger partial charge on any atom is -0.494 e. The summed E-state index contributed by atoms with van der Waals surface area (Å²) in [7, 11) is 0.186. The molecule has 126 valence electrons. The molecule has 0 radical (unpaired) electrons. The Morgan fingerprint density at radius 2 is 2.00 bits per heavy atom. The minimum absolute atomic E-state index is 0.0572. The van der Waals surface area contributed by atoms with E-state index in [0.29, 0.717) is 23.1 Å². The standard InChI is InChI=1S/C17H24FNO3Si/c1-11-12(10-15(20)22-8-9-23(3,4)5)16-13(19-11)6-7-14(21-2)17(16)18/h6-7,19H,8-10H2,1-5H3. The Labute approximate surface area is 137 Å². The summed E-state index contributed by atoms with van der Waals surface area (Å²) in [6.07, 6.45) is 0.0572. The monoisotopic (exact) mass is 337 g/mol. The lowest BCUT2D eigenvalue weighted by atomic mass is 10.1. The third-order valence-corrected chi connectivity index (χ3v) is 5.54. The Morgan fingerprint density at radius 3 is 2.61 bits per heavy atom. The number of carbonyl (C=O) groups is 1. The normalized spacial score (nSPS) is 11.7. The van der Waals surface area contributed by atoms with E-state index in [1.807, 2.05) is 6.92 Å². The average Bonchev–Trinajstić information content (AvgIpc) is 2.75. The number of hydrogen-bond acceptors (Lipinski definition) is 3. The van der Waals surface area contributed by atoms with Crippen molar-refractivity contribution in [1.29, 1.82) is 0 Å². The van der Waals surface area contributed by atoms with Crippen molar-refractivity contribution in [2.24, 2.45) is 0 Å². The number of aromatic amines is 1. The molecule has 0 bridgehead atoms. The van der Waals surface area contributed by atoms with Gasteiger partial charge < -0.3 is 14.5 Å². The van der Waals surface area contributed by atoms with Crippen LogP contribution < -0.4 is 4.74 Å². The molecule has 6 heteroatoms. The lowest BCUT2D eigenvalue weighted by molar-refractivity contribution is -0.142. The number of carbonyl (C=O) groups excluding carboxylic acids is 1. The molecule has 0 saturated heterocycles. The molecule has 0 aliphatic carbocycles. The molecule has 4 nitrogen and oxygen atoms in total. The zero-order valence-electron chi connectivity index (χ0n) is 14.4. The van der Waals surface area contributed by atoms with Crippen molar-refractivity contribution in [3.05, 3.63) is 29.2 Å². The summed E-state index contributed by atoms with van der Waals surface area (Å²) in [5, 5.41) is 0.406. The molecule has 0 saturated carbocycles. The van der Waals surface area contributed by atoms with E-state index in [0.717, 1.165) is 11.7 Å². The maximum Gasteiger partial charge on any atom is 0.310 e. The van der Waals surface area contributed by atoms with Gasteiger partial charge in [0, 0.05) is 24.7 Å². The Bertz CT molecular complexity index is 719. The Hall–Kier alpha value is -1.82. The van der Waals surface area contributed by atoms with Gasteiger partial charge in [0.05, 0.1) is 20.1 Å². The highest BCUT2D eigenvalue weighted by molar-refractivity contribution is 6.76. The van der Waals surface area contributed by atoms with E-state index < -0.39 is 13.9 Å². The zero-order chi connectivity index (χ0) is 17.2. The zero-order valence-corrected chi connectivity index (χ0v) is 15.4. The molecule has 0 spiro atoms. The van der Waals surface area contributed by atoms with Crippen LogP contribution in [0, 0.1) is 12.7 Å². The van der Waals surface area contributed by atoms with Crippen molar-refractivity contribution in [2.75, 3.05) is 13.7 Å². The molecule has 1 heterocycles. The molecule has 1 N–H and O–H groups in total. The molecule has 0 unspecified atom stereocenters. The van der Waals surface area contributed by atoms with Crippen LogP contribution in [0.4, 0.5) is 4.39 Å². The van der Waals surface area contributed by atoms with E-state index in [2.05, 4.69) is 24.6 Å². The molecule has 0 aliphatic rings. The average molecular weight is 337 g/mol. The lowest BCUT2D eigenvalue weighted by Crippen LogP contribution is -2.23. The first kappa shape index (κ1) is 17.5. The number of hydrogen-bond donors (Lipinski definition) is 1. The van der Waals surface area contributed by atoms with Crippen LogP contribution in [0.3, 0.4) is 0 Å². The molecular formula is C17H24FNO3Si. The van der Waals surface area contributed by atoms with Gasteiger partial charge in [0.2, 0.25) is 0 Å². The van der Waals surface area contributed by atoms with Crippen molar-refractivity contribution in [2.45, 2.75) is 39.0 Å². The smallest absolute Gasteiger partial charge is 0.310 e. The fraction of sp³-hybridized carbons (Fsp3) is 0.471. The van der Waals surface area contributed by atoms with E-state index in [-0.39, 0.29) is 18.1 Å². The maximum atomic E-state index is 14.5. The quantitative estimate of drug-likeness (QED) is 0.639. The fourth-order valence-electron chi connectivity index (χ4n) is 2.47. The molecule has 0 aliphatic heterocycles.